The first-order valence-electron chi connectivity index (χ1n) is 9.33. The van der Waals surface area contributed by atoms with Gasteiger partial charge in [0.15, 0.2) is 11.9 Å². The Morgan fingerprint density at radius 2 is 1.92 bits per heavy atom. The highest BCUT2D eigenvalue weighted by molar-refractivity contribution is 6.10. The number of fused-ring (bicyclic) bond motifs is 4. The average Bonchev–Trinajstić information content (AvgIpc) is 3.22. The molecule has 1 spiro atoms. The van der Waals surface area contributed by atoms with Gasteiger partial charge in [0.25, 0.3) is 0 Å². The molecule has 4 heteroatoms. The van der Waals surface area contributed by atoms with E-state index in [-0.39, 0.29) is 29.3 Å². The maximum atomic E-state index is 14.6. The van der Waals surface area contributed by atoms with Crippen molar-refractivity contribution in [2.75, 3.05) is 0 Å². The van der Waals surface area contributed by atoms with Crippen molar-refractivity contribution in [3.8, 4) is 0 Å². The van der Waals surface area contributed by atoms with Crippen molar-refractivity contribution in [1.29, 1.82) is 0 Å². The number of ether oxygens (including phenoxy) is 1. The molecule has 0 amide bonds. The van der Waals surface area contributed by atoms with Gasteiger partial charge in [-0.15, -0.1) is 0 Å². The first-order chi connectivity index (χ1) is 11.3. The van der Waals surface area contributed by atoms with Crippen LogP contribution in [0.15, 0.2) is 12.2 Å². The molecule has 130 valence electrons. The van der Waals surface area contributed by atoms with Gasteiger partial charge >= 0.3 is 0 Å². The Kier molecular flexibility index (Phi) is 2.67. The number of alkyl halides is 1. The third-order valence-electron chi connectivity index (χ3n) is 8.66. The summed E-state index contributed by atoms with van der Waals surface area (Å²) in [4.78, 5) is 25.2. The molecule has 0 aromatic rings. The zero-order valence-corrected chi connectivity index (χ0v) is 14.4. The van der Waals surface area contributed by atoms with Crippen LogP contribution in [0.4, 0.5) is 4.39 Å². The smallest absolute Gasteiger partial charge is 0.172 e. The molecule has 8 atom stereocenters. The summed E-state index contributed by atoms with van der Waals surface area (Å²) in [5.41, 5.74) is -0.743. The Hall–Kier alpha value is -1.03. The lowest BCUT2D eigenvalue weighted by molar-refractivity contribution is -0.151. The van der Waals surface area contributed by atoms with Crippen LogP contribution < -0.4 is 0 Å². The molecule has 0 N–H and O–H groups in total. The van der Waals surface area contributed by atoms with E-state index < -0.39 is 23.3 Å². The van der Waals surface area contributed by atoms with Crippen molar-refractivity contribution >= 4 is 11.6 Å². The van der Waals surface area contributed by atoms with E-state index in [2.05, 4.69) is 13.5 Å². The molecule has 1 heterocycles. The standard InChI is InChI=1S/C20H25FO3/c1-10-8-11-12-4-5-15(21)18(12,2)7-6-13(11)19(3)16(23)9-14(22)17-20(10,19)24-17/h11-13,15,17H,1,4-9H2,2-3H3/t11-,12-,13+,15?,17?,18-,19-,20?/m0/s1. The molecule has 1 aliphatic heterocycles. The highest BCUT2D eigenvalue weighted by Gasteiger charge is 2.80. The van der Waals surface area contributed by atoms with Crippen LogP contribution >= 0.6 is 0 Å². The summed E-state index contributed by atoms with van der Waals surface area (Å²) >= 11 is 0. The van der Waals surface area contributed by atoms with Crippen LogP contribution in [0.5, 0.6) is 0 Å². The van der Waals surface area contributed by atoms with Gasteiger partial charge in [0.05, 0.1) is 11.8 Å². The molecule has 4 aliphatic carbocycles. The lowest BCUT2D eigenvalue weighted by Gasteiger charge is -2.58. The third-order valence-corrected chi connectivity index (χ3v) is 8.66. The largest absolute Gasteiger partial charge is 0.352 e. The number of carbonyl (C=O) groups is 2. The van der Waals surface area contributed by atoms with E-state index in [0.717, 1.165) is 31.3 Å². The van der Waals surface area contributed by atoms with Crippen LogP contribution in [0.3, 0.4) is 0 Å². The van der Waals surface area contributed by atoms with Gasteiger partial charge in [-0.05, 0) is 62.4 Å². The molecule has 3 unspecified atom stereocenters. The zero-order valence-electron chi connectivity index (χ0n) is 14.4. The lowest BCUT2D eigenvalue weighted by atomic mass is 9.43. The minimum atomic E-state index is -0.748. The molecular formula is C20H25FO3. The first kappa shape index (κ1) is 15.2. The van der Waals surface area contributed by atoms with E-state index in [1.807, 2.05) is 6.92 Å². The molecule has 0 bridgehead atoms. The van der Waals surface area contributed by atoms with Gasteiger partial charge in [-0.1, -0.05) is 13.5 Å². The van der Waals surface area contributed by atoms with E-state index in [1.165, 1.54) is 0 Å². The van der Waals surface area contributed by atoms with Gasteiger partial charge in [0.2, 0.25) is 0 Å². The number of carbonyl (C=O) groups excluding carboxylic acids is 2. The summed E-state index contributed by atoms with van der Waals surface area (Å²) < 4.78 is 20.5. The SMILES string of the molecule is C=C1C[C@@H]2[C@@H](CC[C@]3(C)C(F)CC[C@@H]23)[C@@]2(C)C(=O)CC(=O)C3OC132. The number of rotatable bonds is 0. The van der Waals surface area contributed by atoms with Crippen LogP contribution in [-0.2, 0) is 14.3 Å². The summed E-state index contributed by atoms with van der Waals surface area (Å²) in [6, 6.07) is 0. The number of hydrogen-bond donors (Lipinski definition) is 0. The highest BCUT2D eigenvalue weighted by atomic mass is 19.1. The minimum absolute atomic E-state index is 0.00686. The van der Waals surface area contributed by atoms with Gasteiger partial charge in [-0.3, -0.25) is 9.59 Å². The number of epoxide rings is 1. The predicted octanol–water partition coefficient (Wildman–Crippen LogP) is 3.41. The zero-order chi connectivity index (χ0) is 17.1. The highest BCUT2D eigenvalue weighted by Crippen LogP contribution is 2.72. The van der Waals surface area contributed by atoms with Crippen LogP contribution in [0.25, 0.3) is 0 Å². The van der Waals surface area contributed by atoms with Gasteiger partial charge < -0.3 is 4.74 Å². The molecule has 5 rings (SSSR count). The summed E-state index contributed by atoms with van der Waals surface area (Å²) in [6.07, 6.45) is 2.84. The molecule has 5 fully saturated rings. The molecule has 0 radical (unpaired) electrons. The van der Waals surface area contributed by atoms with Crippen molar-refractivity contribution in [2.45, 2.75) is 70.2 Å². The lowest BCUT2D eigenvalue weighted by Crippen LogP contribution is -2.62. The molecule has 0 aromatic carbocycles. The Bertz CT molecular complexity index is 686. The van der Waals surface area contributed by atoms with E-state index >= 15 is 0 Å². The summed E-state index contributed by atoms with van der Waals surface area (Å²) in [5, 5.41) is 0. The molecular weight excluding hydrogens is 307 g/mol. The second-order valence-electron chi connectivity index (χ2n) is 9.28. The normalized spacial score (nSPS) is 58.6. The predicted molar refractivity (Wildman–Crippen MR) is 86.0 cm³/mol. The molecule has 0 aromatic heterocycles. The topological polar surface area (TPSA) is 46.7 Å². The Morgan fingerprint density at radius 3 is 2.67 bits per heavy atom. The van der Waals surface area contributed by atoms with E-state index in [9.17, 15) is 14.0 Å². The molecule has 24 heavy (non-hydrogen) atoms. The van der Waals surface area contributed by atoms with E-state index in [1.54, 1.807) is 0 Å². The monoisotopic (exact) mass is 332 g/mol. The molecule has 4 saturated carbocycles. The molecule has 5 aliphatic rings. The Balaban J connectivity index is 1.60. The van der Waals surface area contributed by atoms with Crippen molar-refractivity contribution in [3.05, 3.63) is 12.2 Å². The fourth-order valence-corrected chi connectivity index (χ4v) is 7.26. The van der Waals surface area contributed by atoms with Gasteiger partial charge in [0.1, 0.15) is 17.6 Å². The van der Waals surface area contributed by atoms with Crippen molar-refractivity contribution in [2.24, 2.45) is 28.6 Å². The number of ketones is 2. The van der Waals surface area contributed by atoms with E-state index in [4.69, 9.17) is 4.74 Å². The van der Waals surface area contributed by atoms with Gasteiger partial charge in [-0.25, -0.2) is 4.39 Å². The molecule has 3 nitrogen and oxygen atoms in total. The number of halogens is 1. The summed E-state index contributed by atoms with van der Waals surface area (Å²) in [7, 11) is 0. The second-order valence-corrected chi connectivity index (χ2v) is 9.28. The maximum Gasteiger partial charge on any atom is 0.172 e. The minimum Gasteiger partial charge on any atom is -0.352 e. The van der Waals surface area contributed by atoms with Crippen molar-refractivity contribution in [1.82, 2.24) is 0 Å². The number of hydrogen-bond acceptors (Lipinski definition) is 3. The maximum absolute atomic E-state index is 14.6. The second kappa shape index (κ2) is 4.20. The van der Waals surface area contributed by atoms with Crippen LogP contribution in [0.2, 0.25) is 0 Å². The summed E-state index contributed by atoms with van der Waals surface area (Å²) in [6.45, 7) is 8.36. The van der Waals surface area contributed by atoms with Gasteiger partial charge in [0, 0.05) is 5.41 Å². The Morgan fingerprint density at radius 1 is 1.17 bits per heavy atom. The average molecular weight is 332 g/mol. The number of Topliss-reactive ketones (excluding diaryl/α,β-unsaturated/α-hetero) is 2. The first-order valence-corrected chi connectivity index (χ1v) is 9.33. The quantitative estimate of drug-likeness (QED) is 0.388. The fourth-order valence-electron chi connectivity index (χ4n) is 7.26. The van der Waals surface area contributed by atoms with Crippen molar-refractivity contribution in [3.63, 3.8) is 0 Å². The summed E-state index contributed by atoms with van der Waals surface area (Å²) in [5.74, 6) is 0.754. The Labute approximate surface area is 142 Å². The third kappa shape index (κ3) is 1.38. The van der Waals surface area contributed by atoms with Gasteiger partial charge in [-0.2, -0.15) is 0 Å². The van der Waals surface area contributed by atoms with Crippen LogP contribution in [-0.4, -0.2) is 29.4 Å². The van der Waals surface area contributed by atoms with E-state index in [0.29, 0.717) is 18.3 Å². The molecule has 1 saturated heterocycles. The van der Waals surface area contributed by atoms with Crippen molar-refractivity contribution < 1.29 is 18.7 Å². The fraction of sp³-hybridized carbons (Fsp3) is 0.800. The van der Waals surface area contributed by atoms with Crippen LogP contribution in [0, 0.1) is 28.6 Å². The van der Waals surface area contributed by atoms with Crippen LogP contribution in [0.1, 0.15) is 52.4 Å².